The Kier molecular flexibility index (Phi) is 19.1. The summed E-state index contributed by atoms with van der Waals surface area (Å²) in [5.74, 6) is 0. The molecule has 0 amide bonds. The second-order valence-corrected chi connectivity index (χ2v) is 17.0. The molecule has 0 aliphatic carbocycles. The fraction of sp³-hybridized carbons (Fsp3) is 0.392. The molecule has 7 rings (SSSR count). The summed E-state index contributed by atoms with van der Waals surface area (Å²) in [5, 5.41) is 1.73. The highest BCUT2D eigenvalue weighted by atomic mass is 31.1. The van der Waals surface area contributed by atoms with E-state index in [-0.39, 0.29) is 52.3 Å². The number of hydrogen-bond donors (Lipinski definition) is 0. The van der Waals surface area contributed by atoms with Gasteiger partial charge in [0.25, 0.3) is 0 Å². The summed E-state index contributed by atoms with van der Waals surface area (Å²) in [6.45, 7) is 3.64. The molecule has 338 valence electrons. The Bertz CT molecular complexity index is 2070. The number of hydroxylamine groups is 2. The van der Waals surface area contributed by atoms with Gasteiger partial charge in [0.15, 0.2) is 19.1 Å². The standard InChI is InChI=1S/C51H59NO11P/c1-64(54)63-49-47(36-55-31-39-18-7-2-8-19-39)62-51(50(49)59-35-43-26-15-6-16-27-43)60-37-45(56-32-40-20-9-3-10-21-40)48(58-34-42-24-13-5-14-25-42)46(57-33-41-22-11-4-12-23-41)38-61-52-29-17-28-44(52)30-53/h2-16,18-27,30,44-51H,17,28-29,31-38H2,1H3/q+1/t44-,45?,46?,47+,48?,49-,50?,51+/m0/s1. The second kappa shape index (κ2) is 25.8. The first-order valence-electron chi connectivity index (χ1n) is 22.0. The predicted octanol–water partition coefficient (Wildman–Crippen LogP) is 8.64. The van der Waals surface area contributed by atoms with Crippen molar-refractivity contribution in [2.75, 3.05) is 33.0 Å². The lowest BCUT2D eigenvalue weighted by molar-refractivity contribution is -0.240. The summed E-state index contributed by atoms with van der Waals surface area (Å²) >= 11 is 0. The van der Waals surface area contributed by atoms with Gasteiger partial charge < -0.3 is 38.0 Å². The monoisotopic (exact) mass is 892 g/mol. The van der Waals surface area contributed by atoms with Crippen molar-refractivity contribution in [3.63, 3.8) is 0 Å². The Morgan fingerprint density at radius 1 is 0.625 bits per heavy atom. The Labute approximate surface area is 377 Å². The molecule has 0 saturated carbocycles. The van der Waals surface area contributed by atoms with E-state index in [0.717, 1.165) is 40.5 Å². The summed E-state index contributed by atoms with van der Waals surface area (Å²) in [4.78, 5) is 18.4. The summed E-state index contributed by atoms with van der Waals surface area (Å²) < 4.78 is 65.5. The van der Waals surface area contributed by atoms with Gasteiger partial charge in [0.2, 0.25) is 0 Å². The fourth-order valence-corrected chi connectivity index (χ4v) is 8.34. The Morgan fingerprint density at radius 3 is 1.62 bits per heavy atom. The molecule has 12 nitrogen and oxygen atoms in total. The Balaban J connectivity index is 1.18. The van der Waals surface area contributed by atoms with E-state index in [9.17, 15) is 9.36 Å². The first-order valence-corrected chi connectivity index (χ1v) is 23.6. The molecule has 0 radical (unpaired) electrons. The van der Waals surface area contributed by atoms with Gasteiger partial charge in [-0.1, -0.05) is 152 Å². The first-order chi connectivity index (χ1) is 31.5. The van der Waals surface area contributed by atoms with Crippen LogP contribution in [0.3, 0.4) is 0 Å². The van der Waals surface area contributed by atoms with Crippen molar-refractivity contribution in [1.29, 1.82) is 0 Å². The van der Waals surface area contributed by atoms with Gasteiger partial charge in [-0.25, -0.2) is 0 Å². The number of ether oxygens (including phenoxy) is 7. The molecule has 2 fully saturated rings. The van der Waals surface area contributed by atoms with Gasteiger partial charge in [-0.05, 0) is 45.2 Å². The van der Waals surface area contributed by atoms with E-state index in [0.29, 0.717) is 19.6 Å². The molecule has 2 aliphatic rings. The van der Waals surface area contributed by atoms with Crippen molar-refractivity contribution in [2.24, 2.45) is 0 Å². The van der Waals surface area contributed by atoms with Crippen LogP contribution >= 0.6 is 8.03 Å². The second-order valence-electron chi connectivity index (χ2n) is 15.9. The van der Waals surface area contributed by atoms with Crippen LogP contribution in [-0.4, -0.2) is 93.3 Å². The van der Waals surface area contributed by atoms with E-state index in [1.807, 2.05) is 152 Å². The highest BCUT2D eigenvalue weighted by Gasteiger charge is 2.51. The minimum atomic E-state index is -2.07. The predicted molar refractivity (Wildman–Crippen MR) is 241 cm³/mol. The van der Waals surface area contributed by atoms with Gasteiger partial charge in [-0.2, -0.15) is 5.06 Å². The van der Waals surface area contributed by atoms with Crippen molar-refractivity contribution in [1.82, 2.24) is 5.06 Å². The number of hydrogen-bond acceptors (Lipinski definition) is 12. The molecule has 5 unspecified atom stereocenters. The lowest BCUT2D eigenvalue weighted by atomic mass is 10.1. The molecule has 2 saturated heterocycles. The third-order valence-electron chi connectivity index (χ3n) is 11.1. The third kappa shape index (κ3) is 14.7. The molecule has 9 atom stereocenters. The minimum absolute atomic E-state index is 0.0311. The zero-order chi connectivity index (χ0) is 44.2. The SMILES string of the molecule is C[P+](=O)O[C@@H]1C(OCc2ccccc2)[C@H](OCC(OCc2ccccc2)C(OCc2ccccc2)C(CON2CCC[C@H]2C=O)OCc2ccccc2)O[C@@H]1COCc1ccccc1. The molecule has 5 aromatic carbocycles. The van der Waals surface area contributed by atoms with Crippen molar-refractivity contribution in [3.05, 3.63) is 179 Å². The molecule has 13 heteroatoms. The molecular formula is C51H59NO11P+. The molecule has 0 aromatic heterocycles. The van der Waals surface area contributed by atoms with Crippen LogP contribution in [0.5, 0.6) is 0 Å². The molecule has 64 heavy (non-hydrogen) atoms. The van der Waals surface area contributed by atoms with Gasteiger partial charge in [-0.3, -0.25) is 4.84 Å². The lowest BCUT2D eigenvalue weighted by Crippen LogP contribution is -2.49. The highest BCUT2D eigenvalue weighted by molar-refractivity contribution is 7.38. The van der Waals surface area contributed by atoms with E-state index in [4.69, 9.17) is 42.5 Å². The van der Waals surface area contributed by atoms with E-state index < -0.39 is 50.9 Å². The van der Waals surface area contributed by atoms with Crippen LogP contribution in [0.1, 0.15) is 40.7 Å². The maximum atomic E-state index is 12.8. The normalized spacial score (nSPS) is 21.6. The van der Waals surface area contributed by atoms with Gasteiger partial charge in [0, 0.05) is 6.54 Å². The summed E-state index contributed by atoms with van der Waals surface area (Å²) in [6.07, 6.45) is -2.98. The van der Waals surface area contributed by atoms with Crippen LogP contribution in [0.25, 0.3) is 0 Å². The van der Waals surface area contributed by atoms with Crippen LogP contribution in [0.2, 0.25) is 0 Å². The molecule has 5 aromatic rings. The quantitative estimate of drug-likeness (QED) is 0.0371. The van der Waals surface area contributed by atoms with Crippen LogP contribution in [0, 0.1) is 0 Å². The van der Waals surface area contributed by atoms with E-state index in [1.165, 1.54) is 6.66 Å². The van der Waals surface area contributed by atoms with Gasteiger partial charge in [0.1, 0.15) is 36.8 Å². The number of carbonyl (C=O) groups excluding carboxylic acids is 1. The molecule has 2 heterocycles. The van der Waals surface area contributed by atoms with E-state index >= 15 is 0 Å². The smallest absolute Gasteiger partial charge is 0.374 e. The molecule has 0 N–H and O–H groups in total. The molecule has 0 bridgehead atoms. The number of benzene rings is 5. The summed E-state index contributed by atoms with van der Waals surface area (Å²) in [6, 6.07) is 49.0. The minimum Gasteiger partial charge on any atom is -0.374 e. The highest BCUT2D eigenvalue weighted by Crippen LogP contribution is 2.35. The zero-order valence-electron chi connectivity index (χ0n) is 36.3. The van der Waals surface area contributed by atoms with E-state index in [2.05, 4.69) is 0 Å². The first kappa shape index (κ1) is 47.4. The summed E-state index contributed by atoms with van der Waals surface area (Å²) in [7, 11) is -2.07. The molecular weight excluding hydrogens is 834 g/mol. The van der Waals surface area contributed by atoms with Gasteiger partial charge in [-0.15, -0.1) is 4.52 Å². The maximum absolute atomic E-state index is 12.8. The molecule has 0 spiro atoms. The number of carbonyl (C=O) groups is 1. The largest absolute Gasteiger partial charge is 0.505 e. The van der Waals surface area contributed by atoms with Gasteiger partial charge >= 0.3 is 8.03 Å². The third-order valence-corrected chi connectivity index (χ3v) is 11.6. The van der Waals surface area contributed by atoms with Gasteiger partial charge in [0.05, 0.1) is 58.9 Å². The Hall–Kier alpha value is -4.53. The van der Waals surface area contributed by atoms with Crippen LogP contribution in [0.15, 0.2) is 152 Å². The van der Waals surface area contributed by atoms with Crippen LogP contribution < -0.4 is 0 Å². The van der Waals surface area contributed by atoms with Crippen molar-refractivity contribution < 1.29 is 51.9 Å². The number of rotatable bonds is 27. The lowest BCUT2D eigenvalue weighted by Gasteiger charge is -2.35. The fourth-order valence-electron chi connectivity index (χ4n) is 7.74. The Morgan fingerprint density at radius 2 is 1.11 bits per heavy atom. The van der Waals surface area contributed by atoms with Crippen molar-refractivity contribution in [2.45, 2.75) is 94.8 Å². The number of aldehydes is 1. The average Bonchev–Trinajstić information content (AvgIpc) is 3.93. The summed E-state index contributed by atoms with van der Waals surface area (Å²) in [5.41, 5.74) is 4.83. The maximum Gasteiger partial charge on any atom is 0.505 e. The topological polar surface area (TPSA) is 120 Å². The molecule has 2 aliphatic heterocycles. The van der Waals surface area contributed by atoms with Crippen molar-refractivity contribution in [3.8, 4) is 0 Å². The number of nitrogens with zero attached hydrogens (tertiary/aromatic N) is 1. The van der Waals surface area contributed by atoms with Crippen LogP contribution in [-0.2, 0) is 84.9 Å². The van der Waals surface area contributed by atoms with Crippen LogP contribution in [0.4, 0.5) is 0 Å². The average molecular weight is 893 g/mol. The van der Waals surface area contributed by atoms with Crippen molar-refractivity contribution >= 4 is 14.3 Å². The zero-order valence-corrected chi connectivity index (χ0v) is 37.2. The van der Waals surface area contributed by atoms with E-state index in [1.54, 1.807) is 5.06 Å².